The lowest BCUT2D eigenvalue weighted by molar-refractivity contribution is -0.274. The maximum atomic E-state index is 12.3. The van der Waals surface area contributed by atoms with Gasteiger partial charge in [0.25, 0.3) is 5.91 Å². The van der Waals surface area contributed by atoms with E-state index in [1.165, 1.54) is 12.1 Å². The molecule has 5 nitrogen and oxygen atoms in total. The quantitative estimate of drug-likeness (QED) is 0.503. The van der Waals surface area contributed by atoms with Crippen molar-refractivity contribution in [3.63, 3.8) is 0 Å². The number of fused-ring (bicyclic) bond motifs is 3. The lowest BCUT2D eigenvalue weighted by atomic mass is 10.0. The zero-order valence-corrected chi connectivity index (χ0v) is 14.7. The molecule has 0 spiro atoms. The molecule has 1 aromatic heterocycles. The molecule has 0 aliphatic rings. The number of nitrogens with zero attached hydrogens (tertiary/aromatic N) is 1. The van der Waals surface area contributed by atoms with Crippen LogP contribution in [0.25, 0.3) is 21.7 Å². The van der Waals surface area contributed by atoms with Crippen molar-refractivity contribution in [1.82, 2.24) is 0 Å². The summed E-state index contributed by atoms with van der Waals surface area (Å²) in [7, 11) is 0. The SMILES string of the molecule is NC(=O)c1cc2c(ccc3ccccc32)oc1=Nc1ccc(OC(F)(F)F)cc1. The molecule has 1 heterocycles. The summed E-state index contributed by atoms with van der Waals surface area (Å²) in [6.45, 7) is 0. The van der Waals surface area contributed by atoms with Gasteiger partial charge >= 0.3 is 6.36 Å². The average Bonchev–Trinajstić information content (AvgIpc) is 2.67. The Balaban J connectivity index is 1.85. The lowest BCUT2D eigenvalue weighted by Crippen LogP contribution is -2.21. The van der Waals surface area contributed by atoms with Gasteiger partial charge in [-0.25, -0.2) is 4.99 Å². The summed E-state index contributed by atoms with van der Waals surface area (Å²) in [6.07, 6.45) is -4.78. The number of primary amides is 1. The molecule has 0 radical (unpaired) electrons. The van der Waals surface area contributed by atoms with Gasteiger partial charge < -0.3 is 14.9 Å². The van der Waals surface area contributed by atoms with E-state index in [-0.39, 0.29) is 22.6 Å². The van der Waals surface area contributed by atoms with Gasteiger partial charge in [-0.1, -0.05) is 30.3 Å². The molecule has 0 saturated carbocycles. The molecule has 4 rings (SSSR count). The first-order valence-electron chi connectivity index (χ1n) is 8.46. The highest BCUT2D eigenvalue weighted by molar-refractivity contribution is 6.07. The fraction of sp³-hybridized carbons (Fsp3) is 0.0476. The molecule has 0 fully saturated rings. The number of nitrogens with two attached hydrogens (primary N) is 1. The molecule has 0 aliphatic carbocycles. The Morgan fingerprint density at radius 3 is 2.38 bits per heavy atom. The van der Waals surface area contributed by atoms with Crippen LogP contribution >= 0.6 is 0 Å². The second-order valence-corrected chi connectivity index (χ2v) is 6.18. The maximum Gasteiger partial charge on any atom is 0.573 e. The molecule has 146 valence electrons. The molecule has 0 unspecified atom stereocenters. The van der Waals surface area contributed by atoms with Crippen LogP contribution in [-0.2, 0) is 0 Å². The highest BCUT2D eigenvalue weighted by Crippen LogP contribution is 2.26. The van der Waals surface area contributed by atoms with Crippen LogP contribution in [0.3, 0.4) is 0 Å². The van der Waals surface area contributed by atoms with Crippen molar-refractivity contribution in [2.24, 2.45) is 10.7 Å². The van der Waals surface area contributed by atoms with Crippen LogP contribution in [0.4, 0.5) is 18.9 Å². The number of carbonyl (C=O) groups is 1. The van der Waals surface area contributed by atoms with Gasteiger partial charge in [0, 0.05) is 5.39 Å². The normalized spacial score (nSPS) is 12.4. The van der Waals surface area contributed by atoms with E-state index in [0.717, 1.165) is 22.9 Å². The van der Waals surface area contributed by atoms with Crippen LogP contribution in [0.15, 0.2) is 76.1 Å². The third-order valence-electron chi connectivity index (χ3n) is 4.22. The van der Waals surface area contributed by atoms with Crippen molar-refractivity contribution >= 4 is 33.3 Å². The third kappa shape index (κ3) is 3.91. The predicted octanol–water partition coefficient (Wildman–Crippen LogP) is 4.82. The number of hydrogen-bond donors (Lipinski definition) is 1. The molecule has 0 saturated heterocycles. The van der Waals surface area contributed by atoms with Gasteiger partial charge in [-0.05, 0) is 47.2 Å². The molecular weight excluding hydrogens is 385 g/mol. The van der Waals surface area contributed by atoms with Crippen molar-refractivity contribution in [3.8, 4) is 5.75 Å². The van der Waals surface area contributed by atoms with Crippen molar-refractivity contribution in [3.05, 3.63) is 77.8 Å². The third-order valence-corrected chi connectivity index (χ3v) is 4.22. The van der Waals surface area contributed by atoms with Crippen molar-refractivity contribution in [2.45, 2.75) is 6.36 Å². The number of benzene rings is 3. The minimum atomic E-state index is -4.78. The highest BCUT2D eigenvalue weighted by atomic mass is 19.4. The fourth-order valence-corrected chi connectivity index (χ4v) is 2.98. The van der Waals surface area contributed by atoms with Gasteiger partial charge in [0.15, 0.2) is 0 Å². The smallest absolute Gasteiger partial charge is 0.438 e. The van der Waals surface area contributed by atoms with E-state index in [4.69, 9.17) is 10.2 Å². The zero-order chi connectivity index (χ0) is 20.6. The monoisotopic (exact) mass is 398 g/mol. The fourth-order valence-electron chi connectivity index (χ4n) is 2.98. The van der Waals surface area contributed by atoms with E-state index in [9.17, 15) is 18.0 Å². The average molecular weight is 398 g/mol. The van der Waals surface area contributed by atoms with Gasteiger partial charge in [0.05, 0.1) is 5.69 Å². The van der Waals surface area contributed by atoms with Gasteiger partial charge in [0.1, 0.15) is 16.9 Å². The van der Waals surface area contributed by atoms with E-state index in [1.54, 1.807) is 12.1 Å². The number of alkyl halides is 3. The maximum absolute atomic E-state index is 12.3. The van der Waals surface area contributed by atoms with Gasteiger partial charge in [-0.3, -0.25) is 4.79 Å². The van der Waals surface area contributed by atoms with Crippen LogP contribution in [0.1, 0.15) is 10.4 Å². The first-order chi connectivity index (χ1) is 13.8. The van der Waals surface area contributed by atoms with Crippen LogP contribution in [0.2, 0.25) is 0 Å². The van der Waals surface area contributed by atoms with Crippen LogP contribution in [-0.4, -0.2) is 12.3 Å². The number of hydrogen-bond acceptors (Lipinski definition) is 4. The summed E-state index contributed by atoms with van der Waals surface area (Å²) >= 11 is 0. The van der Waals surface area contributed by atoms with E-state index in [1.807, 2.05) is 30.3 Å². The van der Waals surface area contributed by atoms with Gasteiger partial charge in [0.2, 0.25) is 5.55 Å². The molecule has 4 aromatic rings. The van der Waals surface area contributed by atoms with Gasteiger partial charge in [-0.15, -0.1) is 13.2 Å². The Bertz CT molecular complexity index is 1290. The minimum absolute atomic E-state index is 0.0372. The molecule has 1 amide bonds. The van der Waals surface area contributed by atoms with Crippen LogP contribution in [0.5, 0.6) is 5.75 Å². The van der Waals surface area contributed by atoms with Crippen LogP contribution in [0, 0.1) is 0 Å². The topological polar surface area (TPSA) is 77.8 Å². The number of ether oxygens (including phenoxy) is 1. The summed E-state index contributed by atoms with van der Waals surface area (Å²) < 4.78 is 46.5. The standard InChI is InChI=1S/C21H13F3N2O3/c22-21(23,24)29-14-8-6-13(7-9-14)26-20-17(19(25)27)11-16-15-4-2-1-3-12(15)5-10-18(16)28-20/h1-11H,(H2,25,27). The molecule has 2 N–H and O–H groups in total. The van der Waals surface area contributed by atoms with E-state index in [2.05, 4.69) is 9.73 Å². The number of rotatable bonds is 3. The second kappa shape index (κ2) is 6.97. The molecule has 0 atom stereocenters. The number of carbonyl (C=O) groups excluding carboxylic acids is 1. The van der Waals surface area contributed by atoms with E-state index >= 15 is 0 Å². The Kier molecular flexibility index (Phi) is 4.46. The highest BCUT2D eigenvalue weighted by Gasteiger charge is 2.30. The molecule has 8 heteroatoms. The first kappa shape index (κ1) is 18.5. The predicted molar refractivity (Wildman–Crippen MR) is 101 cm³/mol. The summed E-state index contributed by atoms with van der Waals surface area (Å²) in [6, 6.07) is 17.7. The largest absolute Gasteiger partial charge is 0.573 e. The zero-order valence-electron chi connectivity index (χ0n) is 14.7. The summed E-state index contributed by atoms with van der Waals surface area (Å²) in [5, 5.41) is 2.55. The molecule has 3 aromatic carbocycles. The van der Waals surface area contributed by atoms with Crippen LogP contribution < -0.4 is 16.0 Å². The first-order valence-corrected chi connectivity index (χ1v) is 8.46. The Labute approximate surface area is 161 Å². The molecular formula is C21H13F3N2O3. The Morgan fingerprint density at radius 1 is 0.966 bits per heavy atom. The van der Waals surface area contributed by atoms with Crippen molar-refractivity contribution < 1.29 is 27.1 Å². The van der Waals surface area contributed by atoms with Crippen molar-refractivity contribution in [1.29, 1.82) is 0 Å². The summed E-state index contributed by atoms with van der Waals surface area (Å²) in [5.41, 5.74) is 6.27. The van der Waals surface area contributed by atoms with E-state index in [0.29, 0.717) is 11.0 Å². The number of halogens is 3. The Morgan fingerprint density at radius 2 is 1.69 bits per heavy atom. The summed E-state index contributed by atoms with van der Waals surface area (Å²) in [4.78, 5) is 16.2. The van der Waals surface area contributed by atoms with E-state index < -0.39 is 12.3 Å². The van der Waals surface area contributed by atoms with Gasteiger partial charge in [-0.2, -0.15) is 0 Å². The summed E-state index contributed by atoms with van der Waals surface area (Å²) in [5.74, 6) is -1.12. The minimum Gasteiger partial charge on any atom is -0.438 e. The Hall–Kier alpha value is -3.81. The number of amides is 1. The second-order valence-electron chi connectivity index (χ2n) is 6.18. The molecule has 0 bridgehead atoms. The molecule has 29 heavy (non-hydrogen) atoms. The van der Waals surface area contributed by atoms with Crippen molar-refractivity contribution in [2.75, 3.05) is 0 Å². The lowest BCUT2D eigenvalue weighted by Gasteiger charge is -2.08. The molecule has 0 aliphatic heterocycles.